The van der Waals surface area contributed by atoms with Gasteiger partial charge in [0.1, 0.15) is 23.1 Å². The number of benzene rings is 2. The number of carbonyl (C=O) groups is 1. The Kier molecular flexibility index (Phi) is 8.28. The lowest BCUT2D eigenvalue weighted by Crippen LogP contribution is -2.28. The molecule has 0 amide bonds. The second-order valence-electron chi connectivity index (χ2n) is 8.80. The van der Waals surface area contributed by atoms with Gasteiger partial charge in [0, 0.05) is 17.9 Å². The van der Waals surface area contributed by atoms with Crippen molar-refractivity contribution in [2.75, 3.05) is 7.11 Å². The van der Waals surface area contributed by atoms with Crippen LogP contribution >= 0.6 is 11.8 Å². The number of aromatic nitrogens is 2. The number of nitrogens with one attached hydrogen (secondary N) is 1. The van der Waals surface area contributed by atoms with Crippen LogP contribution in [0.4, 0.5) is 17.6 Å². The molecule has 192 valence electrons. The van der Waals surface area contributed by atoms with Gasteiger partial charge in [-0.25, -0.2) is 9.37 Å². The predicted molar refractivity (Wildman–Crippen MR) is 130 cm³/mol. The number of methoxy groups -OCH3 is 1. The van der Waals surface area contributed by atoms with E-state index in [2.05, 4.69) is 9.97 Å². The molecule has 36 heavy (non-hydrogen) atoms. The third-order valence-corrected chi connectivity index (χ3v) is 6.79. The number of H-pyrrole nitrogens is 1. The summed E-state index contributed by atoms with van der Waals surface area (Å²) in [5.74, 6) is -0.911. The van der Waals surface area contributed by atoms with Crippen LogP contribution in [-0.4, -0.2) is 28.4 Å². The maximum atomic E-state index is 14.3. The molecule has 1 atom stereocenters. The SMILES string of the molecule is CC[C@@H](CC(=O)c1cc(=O)[nH]c(C(C)(C)c2ccc(OC)cc2)n1)c1ccc(SC(F)(F)F)c(F)c1. The van der Waals surface area contributed by atoms with Crippen molar-refractivity contribution in [2.24, 2.45) is 0 Å². The van der Waals surface area contributed by atoms with Crippen molar-refractivity contribution in [2.45, 2.75) is 55.3 Å². The molecule has 1 N–H and O–H groups in total. The molecule has 1 heterocycles. The van der Waals surface area contributed by atoms with Gasteiger partial charge in [0.15, 0.2) is 5.78 Å². The van der Waals surface area contributed by atoms with Crippen LogP contribution in [0.5, 0.6) is 5.75 Å². The van der Waals surface area contributed by atoms with Crippen LogP contribution in [-0.2, 0) is 5.41 Å². The first-order valence-corrected chi connectivity index (χ1v) is 12.0. The molecule has 0 bridgehead atoms. The molecule has 10 heteroatoms. The highest BCUT2D eigenvalue weighted by Crippen LogP contribution is 2.39. The van der Waals surface area contributed by atoms with Gasteiger partial charge in [-0.1, -0.05) is 25.1 Å². The van der Waals surface area contributed by atoms with E-state index in [1.807, 2.05) is 26.0 Å². The van der Waals surface area contributed by atoms with E-state index < -0.39 is 50.7 Å². The number of ether oxygens (including phenoxy) is 1. The standard InChI is InChI=1S/C26H26F4N2O3S/c1-5-15(16-6-11-22(19(27)12-16)36-26(28,29)30)13-21(33)20-14-23(34)32-24(31-20)25(2,3)17-7-9-18(35-4)10-8-17/h6-12,14-15H,5,13H2,1-4H3,(H,31,32,34)/t15-/m0/s1. The summed E-state index contributed by atoms with van der Waals surface area (Å²) >= 11 is -0.525. The molecule has 3 aromatic rings. The number of halogens is 4. The van der Waals surface area contributed by atoms with Crippen LogP contribution in [0.1, 0.15) is 67.0 Å². The molecule has 0 radical (unpaired) electrons. The van der Waals surface area contributed by atoms with Gasteiger partial charge >= 0.3 is 5.51 Å². The normalized spacial score (nSPS) is 12.9. The summed E-state index contributed by atoms with van der Waals surface area (Å²) in [6, 6.07) is 11.9. The largest absolute Gasteiger partial charge is 0.497 e. The number of rotatable bonds is 9. The number of alkyl halides is 3. The Morgan fingerprint density at radius 2 is 1.78 bits per heavy atom. The molecule has 0 aliphatic rings. The highest BCUT2D eigenvalue weighted by molar-refractivity contribution is 8.00. The monoisotopic (exact) mass is 522 g/mol. The zero-order chi connectivity index (χ0) is 26.7. The fourth-order valence-electron chi connectivity index (χ4n) is 3.85. The van der Waals surface area contributed by atoms with Gasteiger partial charge in [-0.05, 0) is 73.3 Å². The molecule has 0 spiro atoms. The molecule has 3 rings (SSSR count). The molecule has 0 saturated heterocycles. The number of Topliss-reactive ketones (excluding diaryl/α,β-unsaturated/α-hetero) is 1. The maximum absolute atomic E-state index is 14.3. The third kappa shape index (κ3) is 6.54. The lowest BCUT2D eigenvalue weighted by molar-refractivity contribution is -0.0329. The van der Waals surface area contributed by atoms with E-state index in [1.54, 1.807) is 26.2 Å². The minimum atomic E-state index is -4.61. The summed E-state index contributed by atoms with van der Waals surface area (Å²) in [6.45, 7) is 5.51. The Balaban J connectivity index is 1.86. The van der Waals surface area contributed by atoms with E-state index >= 15 is 0 Å². The highest BCUT2D eigenvalue weighted by atomic mass is 32.2. The Morgan fingerprint density at radius 1 is 1.11 bits per heavy atom. The van der Waals surface area contributed by atoms with Gasteiger partial charge in [0.05, 0.1) is 12.0 Å². The summed E-state index contributed by atoms with van der Waals surface area (Å²) in [6.07, 6.45) is 0.352. The van der Waals surface area contributed by atoms with Crippen molar-refractivity contribution < 1.29 is 27.1 Å². The van der Waals surface area contributed by atoms with E-state index in [0.29, 0.717) is 23.6 Å². The van der Waals surface area contributed by atoms with Crippen LogP contribution in [0.15, 0.2) is 58.2 Å². The first-order chi connectivity index (χ1) is 16.8. The Bertz CT molecular complexity index is 1290. The lowest BCUT2D eigenvalue weighted by atomic mass is 9.83. The topological polar surface area (TPSA) is 72.0 Å². The molecule has 0 fully saturated rings. The zero-order valence-corrected chi connectivity index (χ0v) is 21.0. The molecule has 0 aliphatic carbocycles. The van der Waals surface area contributed by atoms with Gasteiger partial charge in [-0.15, -0.1) is 0 Å². The van der Waals surface area contributed by atoms with Gasteiger partial charge in [0.25, 0.3) is 5.56 Å². The van der Waals surface area contributed by atoms with Crippen molar-refractivity contribution in [3.63, 3.8) is 0 Å². The molecule has 2 aromatic carbocycles. The zero-order valence-electron chi connectivity index (χ0n) is 20.2. The Morgan fingerprint density at radius 3 is 2.33 bits per heavy atom. The number of aromatic amines is 1. The molecular weight excluding hydrogens is 496 g/mol. The summed E-state index contributed by atoms with van der Waals surface area (Å²) < 4.78 is 57.3. The van der Waals surface area contributed by atoms with Gasteiger partial charge in [-0.2, -0.15) is 13.2 Å². The average molecular weight is 523 g/mol. The fraction of sp³-hybridized carbons (Fsp3) is 0.346. The van der Waals surface area contributed by atoms with Crippen LogP contribution < -0.4 is 10.3 Å². The van der Waals surface area contributed by atoms with Crippen LogP contribution in [0.3, 0.4) is 0 Å². The fourth-order valence-corrected chi connectivity index (χ4v) is 4.39. The Hall–Kier alpha value is -3.14. The van der Waals surface area contributed by atoms with E-state index in [0.717, 1.165) is 23.8 Å². The second-order valence-corrected chi connectivity index (χ2v) is 9.91. The van der Waals surface area contributed by atoms with Gasteiger partial charge in [-0.3, -0.25) is 9.59 Å². The number of carbonyl (C=O) groups excluding carboxylic acids is 1. The van der Waals surface area contributed by atoms with Crippen molar-refractivity contribution >= 4 is 17.5 Å². The lowest BCUT2D eigenvalue weighted by Gasteiger charge is -2.25. The summed E-state index contributed by atoms with van der Waals surface area (Å²) in [4.78, 5) is 32.1. The van der Waals surface area contributed by atoms with Gasteiger partial charge < -0.3 is 9.72 Å². The third-order valence-electron chi connectivity index (χ3n) is 6.01. The average Bonchev–Trinajstić information content (AvgIpc) is 2.82. The molecular formula is C26H26F4N2O3S. The predicted octanol–water partition coefficient (Wildman–Crippen LogP) is 6.62. The smallest absolute Gasteiger partial charge is 0.446 e. The van der Waals surface area contributed by atoms with Gasteiger partial charge in [0.2, 0.25) is 0 Å². The number of thioether (sulfide) groups is 1. The maximum Gasteiger partial charge on any atom is 0.446 e. The summed E-state index contributed by atoms with van der Waals surface area (Å²) in [5, 5.41) is 0. The Labute approximate surface area is 210 Å². The van der Waals surface area contributed by atoms with Crippen molar-refractivity contribution in [1.82, 2.24) is 9.97 Å². The van der Waals surface area contributed by atoms with Crippen LogP contribution in [0.25, 0.3) is 0 Å². The van der Waals surface area contributed by atoms with Crippen molar-refractivity contribution in [3.05, 3.63) is 87.3 Å². The number of nitrogens with zero attached hydrogens (tertiary/aromatic N) is 1. The minimum Gasteiger partial charge on any atom is -0.497 e. The van der Waals surface area contributed by atoms with E-state index in [9.17, 15) is 27.2 Å². The number of ketones is 1. The highest BCUT2D eigenvalue weighted by Gasteiger charge is 2.31. The molecule has 1 aromatic heterocycles. The first kappa shape index (κ1) is 27.4. The van der Waals surface area contributed by atoms with E-state index in [4.69, 9.17) is 4.74 Å². The molecule has 5 nitrogen and oxygen atoms in total. The quantitative estimate of drug-likeness (QED) is 0.194. The minimum absolute atomic E-state index is 0.0292. The second kappa shape index (κ2) is 10.9. The number of hydrogen-bond donors (Lipinski definition) is 1. The van der Waals surface area contributed by atoms with E-state index in [1.165, 1.54) is 6.07 Å². The van der Waals surface area contributed by atoms with Crippen LogP contribution in [0, 0.1) is 5.82 Å². The summed E-state index contributed by atoms with van der Waals surface area (Å²) in [7, 11) is 1.56. The van der Waals surface area contributed by atoms with Crippen molar-refractivity contribution in [1.29, 1.82) is 0 Å². The summed E-state index contributed by atoms with van der Waals surface area (Å²) in [5.41, 5.74) is -4.61. The van der Waals surface area contributed by atoms with E-state index in [-0.39, 0.29) is 12.1 Å². The molecule has 0 unspecified atom stereocenters. The van der Waals surface area contributed by atoms with Crippen molar-refractivity contribution in [3.8, 4) is 5.75 Å². The first-order valence-electron chi connectivity index (χ1n) is 11.2. The number of hydrogen-bond acceptors (Lipinski definition) is 5. The molecule has 0 aliphatic heterocycles. The van der Waals surface area contributed by atoms with Crippen LogP contribution in [0.2, 0.25) is 0 Å². The molecule has 0 saturated carbocycles.